The third kappa shape index (κ3) is 7.07. The summed E-state index contributed by atoms with van der Waals surface area (Å²) in [5.74, 6) is 0. The lowest BCUT2D eigenvalue weighted by Gasteiger charge is -2.19. The minimum atomic E-state index is -0.142. The zero-order valence-corrected chi connectivity index (χ0v) is 21.2. The molecule has 3 rings (SSSR count). The molecule has 0 radical (unpaired) electrons. The number of aryl methyl sites for hydroxylation is 2. The third-order valence-electron chi connectivity index (χ3n) is 4.85. The van der Waals surface area contributed by atoms with Gasteiger partial charge in [-0.1, -0.05) is 59.7 Å². The Labute approximate surface area is 198 Å². The summed E-state index contributed by atoms with van der Waals surface area (Å²) in [6, 6.07) is 21.0. The molecule has 5 nitrogen and oxygen atoms in total. The fourth-order valence-corrected chi connectivity index (χ4v) is 3.10. The molecule has 3 aromatic rings. The normalized spacial score (nSPS) is 13.2. The van der Waals surface area contributed by atoms with Crippen LogP contribution in [0, 0.1) is 13.8 Å². The number of rotatable bonds is 6. The Hall–Kier alpha value is -3.34. The largest absolute Gasteiger partial charge is 0.352 e. The lowest BCUT2D eigenvalue weighted by molar-refractivity contribution is 0.441. The van der Waals surface area contributed by atoms with Gasteiger partial charge in [-0.05, 0) is 67.5 Å². The van der Waals surface area contributed by atoms with Crippen LogP contribution >= 0.6 is 0 Å². The molecule has 3 N–H and O–H groups in total. The van der Waals surface area contributed by atoms with Crippen LogP contribution < -0.4 is 10.9 Å². The van der Waals surface area contributed by atoms with Crippen LogP contribution in [-0.4, -0.2) is 27.5 Å². The summed E-state index contributed by atoms with van der Waals surface area (Å²) in [6.07, 6.45) is 0. The number of aromatic amines is 1. The molecular formula is C28H37N5. The fraction of sp³-hybridized carbons (Fsp3) is 0.357. The molecule has 33 heavy (non-hydrogen) atoms. The molecule has 0 bridgehead atoms. The number of nitrogens with zero attached hydrogens (tertiary/aromatic N) is 2. The molecule has 0 atom stereocenters. The number of nitrogens with one attached hydrogen (secondary N) is 3. The molecule has 0 spiro atoms. The van der Waals surface area contributed by atoms with Gasteiger partial charge >= 0.3 is 0 Å². The van der Waals surface area contributed by atoms with Crippen molar-refractivity contribution in [2.45, 2.75) is 66.5 Å². The van der Waals surface area contributed by atoms with Gasteiger partial charge in [0.2, 0.25) is 0 Å². The van der Waals surface area contributed by atoms with E-state index in [1.54, 1.807) is 0 Å². The van der Waals surface area contributed by atoms with Gasteiger partial charge in [0.1, 0.15) is 11.4 Å². The number of benzene rings is 2. The highest BCUT2D eigenvalue weighted by Crippen LogP contribution is 2.17. The first-order chi connectivity index (χ1) is 15.4. The smallest absolute Gasteiger partial charge is 0.114 e. The van der Waals surface area contributed by atoms with E-state index in [1.165, 1.54) is 11.1 Å². The average Bonchev–Trinajstić information content (AvgIpc) is 3.19. The van der Waals surface area contributed by atoms with Gasteiger partial charge in [0.15, 0.2) is 0 Å². The minimum absolute atomic E-state index is 0.142. The molecule has 5 heteroatoms. The van der Waals surface area contributed by atoms with Crippen LogP contribution in [-0.2, 0) is 0 Å². The molecule has 0 amide bonds. The second kappa shape index (κ2) is 9.65. The highest BCUT2D eigenvalue weighted by Gasteiger charge is 2.17. The van der Waals surface area contributed by atoms with Crippen LogP contribution in [0.4, 0.5) is 0 Å². The number of aromatic nitrogens is 1. The first-order valence-corrected chi connectivity index (χ1v) is 11.4. The Morgan fingerprint density at radius 2 is 0.909 bits per heavy atom. The van der Waals surface area contributed by atoms with Crippen molar-refractivity contribution in [2.24, 2.45) is 10.2 Å². The van der Waals surface area contributed by atoms with Gasteiger partial charge in [0.05, 0.1) is 11.4 Å². The van der Waals surface area contributed by atoms with Crippen molar-refractivity contribution in [2.75, 3.05) is 0 Å². The Kier molecular flexibility index (Phi) is 7.11. The summed E-state index contributed by atoms with van der Waals surface area (Å²) in [7, 11) is 0. The highest BCUT2D eigenvalue weighted by molar-refractivity contribution is 6.15. The molecule has 0 saturated heterocycles. The molecule has 1 aromatic heterocycles. The van der Waals surface area contributed by atoms with E-state index in [9.17, 15) is 0 Å². The van der Waals surface area contributed by atoms with Crippen molar-refractivity contribution in [3.05, 3.63) is 94.3 Å². The van der Waals surface area contributed by atoms with Gasteiger partial charge in [-0.15, -0.1) is 0 Å². The molecule has 1 heterocycles. The van der Waals surface area contributed by atoms with E-state index in [1.807, 2.05) is 0 Å². The summed E-state index contributed by atoms with van der Waals surface area (Å²) < 4.78 is 0. The van der Waals surface area contributed by atoms with Crippen LogP contribution in [0.25, 0.3) is 0 Å². The van der Waals surface area contributed by atoms with E-state index in [0.717, 1.165) is 33.9 Å². The summed E-state index contributed by atoms with van der Waals surface area (Å²) >= 11 is 0. The molecule has 0 aliphatic heterocycles. The Balaban J connectivity index is 2.06. The number of hydrogen-bond acceptors (Lipinski definition) is 4. The molecule has 0 fully saturated rings. The van der Waals surface area contributed by atoms with Crippen LogP contribution in [0.1, 0.15) is 75.2 Å². The zero-order valence-electron chi connectivity index (χ0n) is 21.2. The summed E-state index contributed by atoms with van der Waals surface area (Å²) in [5, 5.41) is 9.57. The van der Waals surface area contributed by atoms with Crippen molar-refractivity contribution in [1.29, 1.82) is 0 Å². The van der Waals surface area contributed by atoms with E-state index in [2.05, 4.69) is 132 Å². The van der Waals surface area contributed by atoms with Crippen LogP contribution in [0.15, 0.2) is 70.9 Å². The average molecular weight is 444 g/mol. The monoisotopic (exact) mass is 443 g/mol. The van der Waals surface area contributed by atoms with Gasteiger partial charge in [0, 0.05) is 22.2 Å². The maximum Gasteiger partial charge on any atom is 0.114 e. The van der Waals surface area contributed by atoms with Gasteiger partial charge in [-0.25, -0.2) is 0 Å². The number of hydrogen-bond donors (Lipinski definition) is 3. The predicted octanol–water partition coefficient (Wildman–Crippen LogP) is 5.91. The van der Waals surface area contributed by atoms with Crippen molar-refractivity contribution in [3.8, 4) is 0 Å². The highest BCUT2D eigenvalue weighted by atomic mass is 15.3. The SMILES string of the molecule is Cc1ccc(/C(=N/NC(C)(C)C)c2ccc(/C(=N\NC(C)(C)C)c3ccc(C)cc3)[nH]2)cc1. The van der Waals surface area contributed by atoms with Gasteiger partial charge < -0.3 is 15.8 Å². The van der Waals surface area contributed by atoms with Crippen molar-refractivity contribution >= 4 is 11.4 Å². The minimum Gasteiger partial charge on any atom is -0.352 e. The van der Waals surface area contributed by atoms with E-state index in [-0.39, 0.29) is 11.1 Å². The molecule has 2 aromatic carbocycles. The molecule has 174 valence electrons. The first-order valence-electron chi connectivity index (χ1n) is 11.4. The molecule has 0 aliphatic carbocycles. The van der Waals surface area contributed by atoms with Gasteiger partial charge in [-0.3, -0.25) is 0 Å². The predicted molar refractivity (Wildman–Crippen MR) is 140 cm³/mol. The number of hydrazone groups is 2. The molecule has 0 aliphatic rings. The topological polar surface area (TPSA) is 64.6 Å². The zero-order chi connectivity index (χ0) is 24.2. The fourth-order valence-electron chi connectivity index (χ4n) is 3.10. The van der Waals surface area contributed by atoms with E-state index in [0.29, 0.717) is 0 Å². The van der Waals surface area contributed by atoms with Gasteiger partial charge in [0.25, 0.3) is 0 Å². The Morgan fingerprint density at radius 3 is 1.21 bits per heavy atom. The summed E-state index contributed by atoms with van der Waals surface area (Å²) in [5.41, 5.74) is 14.4. The lowest BCUT2D eigenvalue weighted by atomic mass is 10.1. The maximum atomic E-state index is 4.79. The second-order valence-corrected chi connectivity index (χ2v) is 10.7. The van der Waals surface area contributed by atoms with Gasteiger partial charge in [-0.2, -0.15) is 10.2 Å². The van der Waals surface area contributed by atoms with E-state index < -0.39 is 0 Å². The molecule has 0 unspecified atom stereocenters. The summed E-state index contributed by atoms with van der Waals surface area (Å²) in [4.78, 5) is 3.57. The Bertz CT molecular complexity index is 1030. The Morgan fingerprint density at radius 1 is 0.576 bits per heavy atom. The van der Waals surface area contributed by atoms with E-state index >= 15 is 0 Å². The standard InChI is InChI=1S/C28H37N5/c1-19-9-13-21(14-10-19)25(30-32-27(3,4)5)23-17-18-24(29-23)26(31-33-28(6,7)8)22-15-11-20(2)12-16-22/h9-18,29,32-33H,1-8H3/b30-25-,31-26-. The second-order valence-electron chi connectivity index (χ2n) is 10.7. The van der Waals surface area contributed by atoms with E-state index in [4.69, 9.17) is 10.2 Å². The number of H-pyrrole nitrogens is 1. The third-order valence-corrected chi connectivity index (χ3v) is 4.85. The molecule has 0 saturated carbocycles. The van der Waals surface area contributed by atoms with Crippen molar-refractivity contribution in [1.82, 2.24) is 15.8 Å². The van der Waals surface area contributed by atoms with Crippen LogP contribution in [0.3, 0.4) is 0 Å². The van der Waals surface area contributed by atoms with Crippen molar-refractivity contribution in [3.63, 3.8) is 0 Å². The lowest BCUT2D eigenvalue weighted by Crippen LogP contribution is -2.33. The maximum absolute atomic E-state index is 4.79. The first kappa shape index (κ1) is 24.3. The molecular weight excluding hydrogens is 406 g/mol. The quantitative estimate of drug-likeness (QED) is 0.327. The van der Waals surface area contributed by atoms with Crippen molar-refractivity contribution < 1.29 is 0 Å². The summed E-state index contributed by atoms with van der Waals surface area (Å²) in [6.45, 7) is 16.8. The van der Waals surface area contributed by atoms with Crippen LogP contribution in [0.2, 0.25) is 0 Å². The van der Waals surface area contributed by atoms with Crippen LogP contribution in [0.5, 0.6) is 0 Å².